The van der Waals surface area contributed by atoms with E-state index in [1.54, 1.807) is 31.1 Å². The molecule has 7 heteroatoms. The number of nitrogens with zero attached hydrogens (tertiary/aromatic N) is 3. The number of rotatable bonds is 3. The molecule has 0 aliphatic carbocycles. The Morgan fingerprint density at radius 1 is 1.50 bits per heavy atom. The van der Waals surface area contributed by atoms with E-state index in [4.69, 9.17) is 5.73 Å². The van der Waals surface area contributed by atoms with Gasteiger partial charge >= 0.3 is 0 Å². The van der Waals surface area contributed by atoms with Crippen molar-refractivity contribution >= 4 is 17.6 Å². The predicted molar refractivity (Wildman–Crippen MR) is 75.5 cm³/mol. The third-order valence-corrected chi connectivity index (χ3v) is 3.29. The topological polar surface area (TPSA) is 91.6 Å². The number of carbonyl (C=O) groups excluding carboxylic acids is 2. The Morgan fingerprint density at radius 2 is 2.25 bits per heavy atom. The first kappa shape index (κ1) is 14.3. The Kier molecular flexibility index (Phi) is 4.19. The van der Waals surface area contributed by atoms with Crippen LogP contribution in [-0.2, 0) is 4.79 Å². The average Bonchev–Trinajstić information content (AvgIpc) is 2.46. The standard InChI is InChI=1S/C13H19N5O2/c1-17(2)13(20)10-8-15-5-6-18(10)11-7-9(12(14)19)3-4-16-11/h3-4,7,10,15H,5-6,8H2,1-2H3,(H2,14,19). The smallest absolute Gasteiger partial charge is 0.248 e. The lowest BCUT2D eigenvalue weighted by molar-refractivity contribution is -0.130. The van der Waals surface area contributed by atoms with Gasteiger partial charge in [-0.3, -0.25) is 9.59 Å². The van der Waals surface area contributed by atoms with Gasteiger partial charge in [0.1, 0.15) is 11.9 Å². The molecule has 2 amide bonds. The van der Waals surface area contributed by atoms with Crippen molar-refractivity contribution in [3.63, 3.8) is 0 Å². The minimum absolute atomic E-state index is 0.00322. The summed E-state index contributed by atoms with van der Waals surface area (Å²) in [5.74, 6) is 0.103. The van der Waals surface area contributed by atoms with Crippen molar-refractivity contribution in [2.45, 2.75) is 6.04 Å². The lowest BCUT2D eigenvalue weighted by atomic mass is 10.1. The highest BCUT2D eigenvalue weighted by Crippen LogP contribution is 2.18. The molecule has 0 saturated carbocycles. The maximum atomic E-state index is 12.2. The molecule has 1 aromatic heterocycles. The molecule has 108 valence electrons. The van der Waals surface area contributed by atoms with Crippen LogP contribution < -0.4 is 16.0 Å². The Bertz CT molecular complexity index is 517. The highest BCUT2D eigenvalue weighted by Gasteiger charge is 2.30. The molecular formula is C13H19N5O2. The number of carbonyl (C=O) groups is 2. The van der Waals surface area contributed by atoms with Crippen LogP contribution in [0.4, 0.5) is 5.82 Å². The molecule has 7 nitrogen and oxygen atoms in total. The first-order chi connectivity index (χ1) is 9.50. The molecule has 0 spiro atoms. The fraction of sp³-hybridized carbons (Fsp3) is 0.462. The van der Waals surface area contributed by atoms with E-state index in [1.807, 2.05) is 4.90 Å². The number of primary amides is 1. The molecule has 20 heavy (non-hydrogen) atoms. The fourth-order valence-corrected chi connectivity index (χ4v) is 2.23. The third kappa shape index (κ3) is 2.88. The van der Waals surface area contributed by atoms with Gasteiger partial charge in [-0.1, -0.05) is 0 Å². The highest BCUT2D eigenvalue weighted by atomic mass is 16.2. The zero-order chi connectivity index (χ0) is 14.7. The maximum Gasteiger partial charge on any atom is 0.248 e. The summed E-state index contributed by atoms with van der Waals surface area (Å²) < 4.78 is 0. The number of likely N-dealkylation sites (N-methyl/N-ethyl adjacent to an activating group) is 1. The van der Waals surface area contributed by atoms with Crippen LogP contribution in [0.2, 0.25) is 0 Å². The van der Waals surface area contributed by atoms with Gasteiger partial charge < -0.3 is 20.9 Å². The maximum absolute atomic E-state index is 12.2. The Morgan fingerprint density at radius 3 is 2.90 bits per heavy atom. The number of amides is 2. The second kappa shape index (κ2) is 5.87. The zero-order valence-corrected chi connectivity index (χ0v) is 11.7. The van der Waals surface area contributed by atoms with Crippen molar-refractivity contribution in [3.05, 3.63) is 23.9 Å². The number of hydrogen-bond acceptors (Lipinski definition) is 5. The number of piperazine rings is 1. The SMILES string of the molecule is CN(C)C(=O)C1CNCCN1c1cc(C(N)=O)ccn1. The molecule has 1 atom stereocenters. The molecule has 1 aromatic rings. The second-order valence-corrected chi connectivity index (χ2v) is 4.91. The molecule has 2 rings (SSSR count). The minimum atomic E-state index is -0.501. The minimum Gasteiger partial charge on any atom is -0.366 e. The summed E-state index contributed by atoms with van der Waals surface area (Å²) in [5, 5.41) is 3.20. The fourth-order valence-electron chi connectivity index (χ4n) is 2.23. The quantitative estimate of drug-likeness (QED) is 0.743. The molecule has 1 saturated heterocycles. The van der Waals surface area contributed by atoms with Crippen LogP contribution in [0.1, 0.15) is 10.4 Å². The van der Waals surface area contributed by atoms with Crippen molar-refractivity contribution in [1.29, 1.82) is 0 Å². The van der Waals surface area contributed by atoms with Crippen molar-refractivity contribution in [2.24, 2.45) is 5.73 Å². The van der Waals surface area contributed by atoms with Gasteiger partial charge in [-0.25, -0.2) is 4.98 Å². The van der Waals surface area contributed by atoms with Crippen LogP contribution in [0.3, 0.4) is 0 Å². The first-order valence-corrected chi connectivity index (χ1v) is 6.45. The van der Waals surface area contributed by atoms with E-state index < -0.39 is 5.91 Å². The van der Waals surface area contributed by atoms with Crippen molar-refractivity contribution in [3.8, 4) is 0 Å². The van der Waals surface area contributed by atoms with Gasteiger partial charge in [-0.2, -0.15) is 0 Å². The average molecular weight is 277 g/mol. The summed E-state index contributed by atoms with van der Waals surface area (Å²) in [6.07, 6.45) is 1.54. The lowest BCUT2D eigenvalue weighted by Gasteiger charge is -2.37. The second-order valence-electron chi connectivity index (χ2n) is 4.91. The molecule has 1 fully saturated rings. The number of aromatic nitrogens is 1. The Hall–Kier alpha value is -2.15. The van der Waals surface area contributed by atoms with Crippen molar-refractivity contribution in [1.82, 2.24) is 15.2 Å². The van der Waals surface area contributed by atoms with Crippen LogP contribution in [0.15, 0.2) is 18.3 Å². The summed E-state index contributed by atoms with van der Waals surface area (Å²) in [7, 11) is 3.45. The van der Waals surface area contributed by atoms with E-state index in [0.29, 0.717) is 24.5 Å². The van der Waals surface area contributed by atoms with Crippen LogP contribution in [-0.4, -0.2) is 61.5 Å². The van der Waals surface area contributed by atoms with Crippen LogP contribution in [0, 0.1) is 0 Å². The number of pyridine rings is 1. The van der Waals surface area contributed by atoms with E-state index in [1.165, 1.54) is 6.20 Å². The number of hydrogen-bond donors (Lipinski definition) is 2. The summed E-state index contributed by atoms with van der Waals surface area (Å²) in [4.78, 5) is 31.2. The molecular weight excluding hydrogens is 258 g/mol. The highest BCUT2D eigenvalue weighted by molar-refractivity contribution is 5.93. The van der Waals surface area contributed by atoms with E-state index in [9.17, 15) is 9.59 Å². The largest absolute Gasteiger partial charge is 0.366 e. The van der Waals surface area contributed by atoms with Gasteiger partial charge in [0.2, 0.25) is 11.8 Å². The monoisotopic (exact) mass is 277 g/mol. The molecule has 0 bridgehead atoms. The predicted octanol–water partition coefficient (Wildman–Crippen LogP) is -0.953. The summed E-state index contributed by atoms with van der Waals surface area (Å²) in [6.45, 7) is 1.97. The van der Waals surface area contributed by atoms with Crippen molar-refractivity contribution in [2.75, 3.05) is 38.6 Å². The van der Waals surface area contributed by atoms with Crippen molar-refractivity contribution < 1.29 is 9.59 Å². The Balaban J connectivity index is 2.30. The van der Waals surface area contributed by atoms with Gasteiger partial charge in [0.15, 0.2) is 0 Å². The number of nitrogens with one attached hydrogen (secondary N) is 1. The summed E-state index contributed by atoms with van der Waals surface area (Å²) in [6, 6.07) is 2.87. The number of anilines is 1. The molecule has 1 aliphatic heterocycles. The molecule has 1 aliphatic rings. The van der Waals surface area contributed by atoms with Crippen LogP contribution in [0.5, 0.6) is 0 Å². The van der Waals surface area contributed by atoms with E-state index in [-0.39, 0.29) is 11.9 Å². The number of nitrogens with two attached hydrogens (primary N) is 1. The van der Waals surface area contributed by atoms with Gasteiger partial charge in [-0.05, 0) is 12.1 Å². The molecule has 1 unspecified atom stereocenters. The van der Waals surface area contributed by atoms with Gasteiger partial charge in [0.05, 0.1) is 0 Å². The van der Waals surface area contributed by atoms with Crippen LogP contribution in [0.25, 0.3) is 0 Å². The van der Waals surface area contributed by atoms with E-state index in [2.05, 4.69) is 10.3 Å². The molecule has 2 heterocycles. The van der Waals surface area contributed by atoms with E-state index in [0.717, 1.165) is 6.54 Å². The first-order valence-electron chi connectivity index (χ1n) is 6.45. The molecule has 0 radical (unpaired) electrons. The lowest BCUT2D eigenvalue weighted by Crippen LogP contribution is -2.58. The summed E-state index contributed by atoms with van der Waals surface area (Å²) in [5.41, 5.74) is 5.68. The normalized spacial score (nSPS) is 18.7. The van der Waals surface area contributed by atoms with Gasteiger partial charge in [0, 0.05) is 45.5 Å². The molecule has 3 N–H and O–H groups in total. The molecule has 0 aromatic carbocycles. The van der Waals surface area contributed by atoms with E-state index >= 15 is 0 Å². The summed E-state index contributed by atoms with van der Waals surface area (Å²) >= 11 is 0. The Labute approximate surface area is 117 Å². The third-order valence-electron chi connectivity index (χ3n) is 3.29. The van der Waals surface area contributed by atoms with Crippen LogP contribution >= 0.6 is 0 Å². The van der Waals surface area contributed by atoms with Gasteiger partial charge in [-0.15, -0.1) is 0 Å². The zero-order valence-electron chi connectivity index (χ0n) is 11.7. The van der Waals surface area contributed by atoms with Gasteiger partial charge in [0.25, 0.3) is 0 Å².